The SMILES string of the molecule is CCS(=O)(=O)Nc1ccc(NC(=O)N2CCN(c3ncc(Cl)cc3Cl)CC2)cc1OC. The van der Waals surface area contributed by atoms with Gasteiger partial charge in [0.15, 0.2) is 0 Å². The number of amides is 2. The van der Waals surface area contributed by atoms with E-state index in [1.165, 1.54) is 7.11 Å². The Balaban J connectivity index is 1.62. The molecular formula is C19H23Cl2N5O4S. The molecule has 2 amide bonds. The first kappa shape index (κ1) is 23.2. The third kappa shape index (κ3) is 5.84. The van der Waals surface area contributed by atoms with Gasteiger partial charge in [-0.3, -0.25) is 4.72 Å². The molecule has 0 spiro atoms. The van der Waals surface area contributed by atoms with E-state index in [1.807, 2.05) is 4.90 Å². The molecule has 2 N–H and O–H groups in total. The summed E-state index contributed by atoms with van der Waals surface area (Å²) in [6, 6.07) is 6.11. The van der Waals surface area contributed by atoms with Crippen molar-refractivity contribution < 1.29 is 17.9 Å². The standard InChI is InChI=1S/C19H23Cl2N5O4S/c1-3-31(28,29)24-16-5-4-14(11-17(16)30-2)23-19(27)26-8-6-25(7-9-26)18-15(21)10-13(20)12-22-18/h4-5,10-12,24H,3,6-9H2,1-2H3,(H,23,27). The molecule has 1 aliphatic heterocycles. The van der Waals surface area contributed by atoms with Gasteiger partial charge in [0.05, 0.1) is 28.6 Å². The van der Waals surface area contributed by atoms with Gasteiger partial charge in [0, 0.05) is 44.1 Å². The lowest BCUT2D eigenvalue weighted by atomic mass is 10.2. The number of urea groups is 1. The molecule has 0 radical (unpaired) electrons. The van der Waals surface area contributed by atoms with Crippen LogP contribution in [0.5, 0.6) is 5.75 Å². The number of piperazine rings is 1. The van der Waals surface area contributed by atoms with Crippen LogP contribution < -0.4 is 19.7 Å². The van der Waals surface area contributed by atoms with E-state index >= 15 is 0 Å². The molecule has 0 saturated carbocycles. The molecule has 3 rings (SSSR count). The smallest absolute Gasteiger partial charge is 0.321 e. The molecule has 1 aromatic carbocycles. The van der Waals surface area contributed by atoms with Crippen molar-refractivity contribution in [2.45, 2.75) is 6.92 Å². The number of sulfonamides is 1. The first-order chi connectivity index (χ1) is 14.7. The summed E-state index contributed by atoms with van der Waals surface area (Å²) < 4.78 is 31.3. The molecule has 2 heterocycles. The van der Waals surface area contributed by atoms with Gasteiger partial charge >= 0.3 is 6.03 Å². The first-order valence-corrected chi connectivity index (χ1v) is 11.9. The van der Waals surface area contributed by atoms with E-state index in [4.69, 9.17) is 27.9 Å². The minimum atomic E-state index is -3.44. The number of rotatable bonds is 6. The number of methoxy groups -OCH3 is 1. The first-order valence-electron chi connectivity index (χ1n) is 9.53. The van der Waals surface area contributed by atoms with Crippen molar-refractivity contribution in [3.8, 4) is 5.75 Å². The number of nitrogens with one attached hydrogen (secondary N) is 2. The van der Waals surface area contributed by atoms with E-state index < -0.39 is 10.0 Å². The molecule has 168 valence electrons. The van der Waals surface area contributed by atoms with Crippen LogP contribution in [0.4, 0.5) is 22.0 Å². The Hall–Kier alpha value is -2.43. The van der Waals surface area contributed by atoms with Crippen molar-refractivity contribution in [1.82, 2.24) is 9.88 Å². The Bertz CT molecular complexity index is 1060. The van der Waals surface area contributed by atoms with E-state index in [0.717, 1.165) is 0 Å². The molecule has 1 aliphatic rings. The van der Waals surface area contributed by atoms with Gasteiger partial charge in [-0.25, -0.2) is 18.2 Å². The number of hydrogen-bond donors (Lipinski definition) is 2. The van der Waals surface area contributed by atoms with E-state index in [0.29, 0.717) is 59.2 Å². The lowest BCUT2D eigenvalue weighted by Crippen LogP contribution is -2.50. The van der Waals surface area contributed by atoms with Crippen LogP contribution in [0.15, 0.2) is 30.5 Å². The monoisotopic (exact) mass is 487 g/mol. The highest BCUT2D eigenvalue weighted by Crippen LogP contribution is 2.30. The van der Waals surface area contributed by atoms with E-state index in [9.17, 15) is 13.2 Å². The summed E-state index contributed by atoms with van der Waals surface area (Å²) in [5, 5.41) is 3.75. The van der Waals surface area contributed by atoms with Crippen LogP contribution in [-0.2, 0) is 10.0 Å². The number of carbonyl (C=O) groups is 1. The average molecular weight is 488 g/mol. The van der Waals surface area contributed by atoms with Gasteiger partial charge in [0.25, 0.3) is 0 Å². The van der Waals surface area contributed by atoms with Gasteiger partial charge in [-0.1, -0.05) is 23.2 Å². The third-order valence-electron chi connectivity index (χ3n) is 4.75. The van der Waals surface area contributed by atoms with Crippen LogP contribution in [0.25, 0.3) is 0 Å². The van der Waals surface area contributed by atoms with Crippen LogP contribution in [-0.4, -0.2) is 63.4 Å². The molecule has 12 heteroatoms. The Labute approximate surface area is 191 Å². The number of benzene rings is 1. The molecule has 0 bridgehead atoms. The summed E-state index contributed by atoms with van der Waals surface area (Å²) in [6.45, 7) is 3.65. The molecule has 0 aliphatic carbocycles. The van der Waals surface area contributed by atoms with Gasteiger partial charge in [-0.15, -0.1) is 0 Å². The highest BCUT2D eigenvalue weighted by molar-refractivity contribution is 7.92. The zero-order valence-corrected chi connectivity index (χ0v) is 19.4. The number of ether oxygens (including phenoxy) is 1. The summed E-state index contributed by atoms with van der Waals surface area (Å²) in [6.07, 6.45) is 1.54. The van der Waals surface area contributed by atoms with Gasteiger partial charge in [-0.05, 0) is 25.1 Å². The fraction of sp³-hybridized carbons (Fsp3) is 0.368. The van der Waals surface area contributed by atoms with Crippen molar-refractivity contribution in [2.24, 2.45) is 0 Å². The van der Waals surface area contributed by atoms with Crippen LogP contribution in [0.2, 0.25) is 10.0 Å². The quantitative estimate of drug-likeness (QED) is 0.645. The number of carbonyl (C=O) groups excluding carboxylic acids is 1. The van der Waals surface area contributed by atoms with E-state index in [1.54, 1.807) is 42.3 Å². The summed E-state index contributed by atoms with van der Waals surface area (Å²) in [5.74, 6) is 0.890. The van der Waals surface area contributed by atoms with Crippen molar-refractivity contribution in [1.29, 1.82) is 0 Å². The molecular weight excluding hydrogens is 465 g/mol. The topological polar surface area (TPSA) is 104 Å². The fourth-order valence-corrected chi connectivity index (χ4v) is 4.20. The van der Waals surface area contributed by atoms with Crippen molar-refractivity contribution >= 4 is 56.4 Å². The molecule has 31 heavy (non-hydrogen) atoms. The molecule has 0 atom stereocenters. The van der Waals surface area contributed by atoms with Crippen LogP contribution in [0, 0.1) is 0 Å². The zero-order chi connectivity index (χ0) is 22.6. The highest BCUT2D eigenvalue weighted by Gasteiger charge is 2.23. The lowest BCUT2D eigenvalue weighted by Gasteiger charge is -2.35. The number of hydrogen-bond acceptors (Lipinski definition) is 6. The Morgan fingerprint density at radius 1 is 1.19 bits per heavy atom. The normalized spacial score (nSPS) is 14.3. The second-order valence-electron chi connectivity index (χ2n) is 6.78. The summed E-state index contributed by atoms with van der Waals surface area (Å²) in [4.78, 5) is 20.6. The van der Waals surface area contributed by atoms with Gasteiger partial charge in [-0.2, -0.15) is 0 Å². The molecule has 0 unspecified atom stereocenters. The summed E-state index contributed by atoms with van der Waals surface area (Å²) in [7, 11) is -2.01. The maximum absolute atomic E-state index is 12.7. The van der Waals surface area contributed by atoms with Crippen LogP contribution in [0.1, 0.15) is 6.92 Å². The Morgan fingerprint density at radius 2 is 1.90 bits per heavy atom. The minimum absolute atomic E-state index is 0.0582. The predicted octanol–water partition coefficient (Wildman–Crippen LogP) is 3.51. The van der Waals surface area contributed by atoms with Crippen LogP contribution in [0.3, 0.4) is 0 Å². The fourth-order valence-electron chi connectivity index (χ4n) is 3.06. The number of anilines is 3. The number of aromatic nitrogens is 1. The Kier molecular flexibility index (Phi) is 7.34. The second kappa shape index (κ2) is 9.80. The second-order valence-corrected chi connectivity index (χ2v) is 9.64. The molecule has 2 aromatic rings. The Morgan fingerprint density at radius 3 is 2.52 bits per heavy atom. The van der Waals surface area contributed by atoms with Crippen LogP contribution >= 0.6 is 23.2 Å². The molecule has 1 fully saturated rings. The maximum Gasteiger partial charge on any atom is 0.321 e. The molecule has 1 aromatic heterocycles. The maximum atomic E-state index is 12.7. The predicted molar refractivity (Wildman–Crippen MR) is 123 cm³/mol. The highest BCUT2D eigenvalue weighted by atomic mass is 35.5. The van der Waals surface area contributed by atoms with E-state index in [2.05, 4.69) is 15.0 Å². The van der Waals surface area contributed by atoms with E-state index in [-0.39, 0.29) is 11.8 Å². The number of halogens is 2. The zero-order valence-electron chi connectivity index (χ0n) is 17.1. The minimum Gasteiger partial charge on any atom is -0.494 e. The third-order valence-corrected chi connectivity index (χ3v) is 6.53. The van der Waals surface area contributed by atoms with Gasteiger partial charge < -0.3 is 19.9 Å². The largest absolute Gasteiger partial charge is 0.494 e. The summed E-state index contributed by atoms with van der Waals surface area (Å²) in [5.41, 5.74) is 0.800. The average Bonchev–Trinajstić information content (AvgIpc) is 2.75. The lowest BCUT2D eigenvalue weighted by molar-refractivity contribution is 0.208. The van der Waals surface area contributed by atoms with Gasteiger partial charge in [0.2, 0.25) is 10.0 Å². The number of pyridine rings is 1. The van der Waals surface area contributed by atoms with Gasteiger partial charge in [0.1, 0.15) is 11.6 Å². The van der Waals surface area contributed by atoms with Crippen molar-refractivity contribution in [3.63, 3.8) is 0 Å². The number of nitrogens with zero attached hydrogens (tertiary/aromatic N) is 3. The summed E-state index contributed by atoms with van der Waals surface area (Å²) >= 11 is 12.1. The molecule has 1 saturated heterocycles. The molecule has 9 nitrogen and oxygen atoms in total. The van der Waals surface area contributed by atoms with Crippen molar-refractivity contribution in [2.75, 3.05) is 54.0 Å². The van der Waals surface area contributed by atoms with Crippen molar-refractivity contribution in [3.05, 3.63) is 40.5 Å².